The maximum atomic E-state index is 10.3. The Bertz CT molecular complexity index is 861. The van der Waals surface area contributed by atoms with E-state index >= 15 is 0 Å². The molecule has 0 aliphatic heterocycles. The molecule has 0 heterocycles. The molecular formula is C25H27BrO5. The van der Waals surface area contributed by atoms with Crippen molar-refractivity contribution in [2.24, 2.45) is 0 Å². The van der Waals surface area contributed by atoms with Gasteiger partial charge in [0.1, 0.15) is 18.0 Å². The number of hydrogen-bond donors (Lipinski definition) is 2. The highest BCUT2D eigenvalue weighted by Gasteiger charge is 2.14. The van der Waals surface area contributed by atoms with Crippen LogP contribution >= 0.6 is 15.9 Å². The standard InChI is InChI=1S/C25H27BrO5/c1-29-25-20(14-30-16-23(27)18-8-4-2-5-9-18)12-22(26)13-21(25)15-31-17-24(28)19-10-6-3-7-11-19/h2-13,23-24,27-28H,14-17H2,1H3/t23-,24-/m1/s1. The summed E-state index contributed by atoms with van der Waals surface area (Å²) in [6.07, 6.45) is -1.39. The lowest BCUT2D eigenvalue weighted by Gasteiger charge is -2.17. The first-order valence-corrected chi connectivity index (χ1v) is 10.8. The highest BCUT2D eigenvalue weighted by atomic mass is 79.9. The van der Waals surface area contributed by atoms with E-state index in [4.69, 9.17) is 14.2 Å². The molecule has 2 N–H and O–H groups in total. The van der Waals surface area contributed by atoms with Crippen molar-refractivity contribution in [3.63, 3.8) is 0 Å². The van der Waals surface area contributed by atoms with Crippen molar-refractivity contribution in [1.29, 1.82) is 0 Å². The number of halogens is 1. The summed E-state index contributed by atoms with van der Waals surface area (Å²) in [5, 5.41) is 20.6. The maximum Gasteiger partial charge on any atom is 0.129 e. The van der Waals surface area contributed by atoms with Crippen LogP contribution in [0, 0.1) is 0 Å². The van der Waals surface area contributed by atoms with E-state index in [0.717, 1.165) is 26.7 Å². The maximum absolute atomic E-state index is 10.3. The van der Waals surface area contributed by atoms with Gasteiger partial charge in [-0.25, -0.2) is 0 Å². The Kier molecular flexibility index (Phi) is 9.06. The molecule has 164 valence electrons. The van der Waals surface area contributed by atoms with Crippen LogP contribution in [-0.2, 0) is 22.7 Å². The summed E-state index contributed by atoms with van der Waals surface area (Å²) < 4.78 is 18.0. The molecule has 0 aliphatic rings. The minimum absolute atomic E-state index is 0.175. The van der Waals surface area contributed by atoms with Crippen molar-refractivity contribution in [2.75, 3.05) is 20.3 Å². The predicted octanol–water partition coefficient (Wildman–Crippen LogP) is 4.96. The molecule has 0 radical (unpaired) electrons. The third kappa shape index (κ3) is 6.89. The zero-order valence-electron chi connectivity index (χ0n) is 17.4. The molecular weight excluding hydrogens is 460 g/mol. The first-order chi connectivity index (χ1) is 15.1. The molecule has 0 aliphatic carbocycles. The average Bonchev–Trinajstić information content (AvgIpc) is 2.80. The van der Waals surface area contributed by atoms with Gasteiger partial charge in [0.15, 0.2) is 0 Å². The first kappa shape index (κ1) is 23.4. The number of rotatable bonds is 11. The lowest BCUT2D eigenvalue weighted by Crippen LogP contribution is -2.10. The molecule has 0 aromatic heterocycles. The van der Waals surface area contributed by atoms with Gasteiger partial charge in [0.25, 0.3) is 0 Å². The van der Waals surface area contributed by atoms with Crippen LogP contribution in [0.2, 0.25) is 0 Å². The fourth-order valence-electron chi connectivity index (χ4n) is 3.29. The van der Waals surface area contributed by atoms with E-state index in [1.807, 2.05) is 72.8 Å². The Labute approximate surface area is 191 Å². The van der Waals surface area contributed by atoms with Crippen molar-refractivity contribution >= 4 is 15.9 Å². The molecule has 0 bridgehead atoms. The van der Waals surface area contributed by atoms with Crippen LogP contribution in [0.15, 0.2) is 77.3 Å². The van der Waals surface area contributed by atoms with Gasteiger partial charge < -0.3 is 24.4 Å². The van der Waals surface area contributed by atoms with Crippen LogP contribution in [0.4, 0.5) is 0 Å². The summed E-state index contributed by atoms with van der Waals surface area (Å²) in [5.41, 5.74) is 3.32. The van der Waals surface area contributed by atoms with Gasteiger partial charge in [-0.3, -0.25) is 0 Å². The van der Waals surface area contributed by atoms with Gasteiger partial charge in [-0.1, -0.05) is 76.6 Å². The molecule has 0 spiro atoms. The Balaban J connectivity index is 1.59. The fraction of sp³-hybridized carbons (Fsp3) is 0.280. The van der Waals surface area contributed by atoms with Gasteiger partial charge >= 0.3 is 0 Å². The van der Waals surface area contributed by atoms with E-state index in [1.54, 1.807) is 7.11 Å². The second-order valence-electron chi connectivity index (χ2n) is 7.14. The van der Waals surface area contributed by atoms with Crippen LogP contribution in [0.25, 0.3) is 0 Å². The molecule has 0 fully saturated rings. The molecule has 6 heteroatoms. The van der Waals surface area contributed by atoms with Gasteiger partial charge in [0.2, 0.25) is 0 Å². The van der Waals surface area contributed by atoms with Gasteiger partial charge in [-0.05, 0) is 23.3 Å². The number of methoxy groups -OCH3 is 1. The number of aliphatic hydroxyl groups excluding tert-OH is 2. The normalized spacial score (nSPS) is 13.0. The lowest BCUT2D eigenvalue weighted by atomic mass is 10.1. The number of ether oxygens (including phenoxy) is 3. The van der Waals surface area contributed by atoms with Crippen molar-refractivity contribution in [3.8, 4) is 5.75 Å². The highest BCUT2D eigenvalue weighted by Crippen LogP contribution is 2.30. The van der Waals surface area contributed by atoms with E-state index in [9.17, 15) is 10.2 Å². The van der Waals surface area contributed by atoms with Crippen LogP contribution in [0.5, 0.6) is 5.75 Å². The van der Waals surface area contributed by atoms with Crippen LogP contribution < -0.4 is 4.74 Å². The molecule has 2 atom stereocenters. The third-order valence-electron chi connectivity index (χ3n) is 4.85. The quantitative estimate of drug-likeness (QED) is 0.400. The molecule has 3 aromatic carbocycles. The summed E-state index contributed by atoms with van der Waals surface area (Å²) in [4.78, 5) is 0. The average molecular weight is 487 g/mol. The summed E-state index contributed by atoms with van der Waals surface area (Å²) in [7, 11) is 1.61. The van der Waals surface area contributed by atoms with Crippen LogP contribution in [0.3, 0.4) is 0 Å². The molecule has 0 saturated heterocycles. The summed E-state index contributed by atoms with van der Waals surface area (Å²) in [5.74, 6) is 0.673. The van der Waals surface area contributed by atoms with E-state index in [2.05, 4.69) is 15.9 Å². The van der Waals surface area contributed by atoms with E-state index in [1.165, 1.54) is 0 Å². The Morgan fingerprint density at radius 2 is 1.16 bits per heavy atom. The van der Waals surface area contributed by atoms with E-state index in [0.29, 0.717) is 5.75 Å². The largest absolute Gasteiger partial charge is 0.496 e. The van der Waals surface area contributed by atoms with Crippen molar-refractivity contribution in [2.45, 2.75) is 25.4 Å². The Morgan fingerprint density at radius 1 is 0.742 bits per heavy atom. The smallest absolute Gasteiger partial charge is 0.129 e. The lowest BCUT2D eigenvalue weighted by molar-refractivity contribution is 0.0244. The summed E-state index contributed by atoms with van der Waals surface area (Å²) in [6.45, 7) is 0.919. The van der Waals surface area contributed by atoms with Crippen LogP contribution in [-0.4, -0.2) is 30.5 Å². The second kappa shape index (κ2) is 12.0. The molecule has 0 amide bonds. The number of benzene rings is 3. The van der Waals surface area contributed by atoms with E-state index < -0.39 is 12.2 Å². The zero-order chi connectivity index (χ0) is 22.1. The zero-order valence-corrected chi connectivity index (χ0v) is 19.0. The topological polar surface area (TPSA) is 68.2 Å². The molecule has 31 heavy (non-hydrogen) atoms. The Hall–Kier alpha value is -2.22. The van der Waals surface area contributed by atoms with Crippen molar-refractivity contribution in [3.05, 3.63) is 99.5 Å². The summed E-state index contributed by atoms with van der Waals surface area (Å²) in [6, 6.07) is 22.7. The van der Waals surface area contributed by atoms with Crippen molar-refractivity contribution < 1.29 is 24.4 Å². The number of aliphatic hydroxyl groups is 2. The number of hydrogen-bond acceptors (Lipinski definition) is 5. The second-order valence-corrected chi connectivity index (χ2v) is 8.06. The van der Waals surface area contributed by atoms with Crippen molar-refractivity contribution in [1.82, 2.24) is 0 Å². The molecule has 0 saturated carbocycles. The minimum Gasteiger partial charge on any atom is -0.496 e. The summed E-state index contributed by atoms with van der Waals surface area (Å²) >= 11 is 3.53. The van der Waals surface area contributed by atoms with Gasteiger partial charge in [-0.2, -0.15) is 0 Å². The minimum atomic E-state index is -0.693. The molecule has 0 unspecified atom stereocenters. The molecule has 5 nitrogen and oxygen atoms in total. The SMILES string of the molecule is COc1c(COC[C@@H](O)c2ccccc2)cc(Br)cc1COC[C@@H](O)c1ccccc1. The highest BCUT2D eigenvalue weighted by molar-refractivity contribution is 9.10. The monoisotopic (exact) mass is 486 g/mol. The van der Waals surface area contributed by atoms with E-state index in [-0.39, 0.29) is 26.4 Å². The van der Waals surface area contributed by atoms with Gasteiger partial charge in [-0.15, -0.1) is 0 Å². The van der Waals surface area contributed by atoms with Crippen LogP contribution in [0.1, 0.15) is 34.5 Å². The first-order valence-electron chi connectivity index (χ1n) is 10.0. The third-order valence-corrected chi connectivity index (χ3v) is 5.30. The molecule has 3 aromatic rings. The van der Waals surface area contributed by atoms with Gasteiger partial charge in [0, 0.05) is 15.6 Å². The Morgan fingerprint density at radius 3 is 1.55 bits per heavy atom. The fourth-order valence-corrected chi connectivity index (χ4v) is 3.85. The van der Waals surface area contributed by atoms with Gasteiger partial charge in [0.05, 0.1) is 33.5 Å². The predicted molar refractivity (Wildman–Crippen MR) is 123 cm³/mol. The molecule has 3 rings (SSSR count).